The van der Waals surface area contributed by atoms with Crippen LogP contribution in [0.5, 0.6) is 0 Å². The van der Waals surface area contributed by atoms with Crippen molar-refractivity contribution < 1.29 is 43.0 Å². The fourth-order valence-corrected chi connectivity index (χ4v) is 7.56. The molecular weight excluding hydrogens is 703 g/mol. The second-order valence-corrected chi connectivity index (χ2v) is 17.2. The van der Waals surface area contributed by atoms with Crippen LogP contribution in [0.25, 0.3) is 0 Å². The van der Waals surface area contributed by atoms with Gasteiger partial charge in [-0.1, -0.05) is 213 Å². The van der Waals surface area contributed by atoms with Gasteiger partial charge in [0.1, 0.15) is 12.2 Å². The minimum atomic E-state index is -4.51. The number of aliphatic hydroxyl groups excluding tert-OH is 2. The number of ether oxygens (including phenoxy) is 2. The molecule has 0 amide bonds. The highest BCUT2D eigenvalue weighted by Crippen LogP contribution is 2.43. The van der Waals surface area contributed by atoms with Crippen molar-refractivity contribution in [3.63, 3.8) is 0 Å². The number of esters is 1. The normalized spacial score (nSPS) is 13.9. The maximum atomic E-state index is 12.6. The molecule has 0 radical (unpaired) electrons. The predicted octanol–water partition coefficient (Wildman–Crippen LogP) is 12.7. The van der Waals surface area contributed by atoms with Crippen LogP contribution in [0.3, 0.4) is 0 Å². The number of hydrogen-bond acceptors (Lipinski definition) is 8. The average molecular weight is 793 g/mol. The van der Waals surface area contributed by atoms with Gasteiger partial charge in [0, 0.05) is 13.0 Å². The molecular formula is C44H89O9P. The Kier molecular flexibility index (Phi) is 41.7. The number of aliphatic hydroxyl groups is 2. The lowest BCUT2D eigenvalue weighted by Gasteiger charge is -2.20. The van der Waals surface area contributed by atoms with Crippen molar-refractivity contribution in [2.45, 2.75) is 244 Å². The summed E-state index contributed by atoms with van der Waals surface area (Å²) in [7, 11) is -4.51. The van der Waals surface area contributed by atoms with Gasteiger partial charge in [0.05, 0.1) is 26.4 Å². The quantitative estimate of drug-likeness (QED) is 0.0313. The fraction of sp³-hybridized carbons (Fsp3) is 0.977. The lowest BCUT2D eigenvalue weighted by atomic mass is 10.0. The summed E-state index contributed by atoms with van der Waals surface area (Å²) in [6.45, 7) is 3.58. The van der Waals surface area contributed by atoms with E-state index >= 15 is 0 Å². The van der Waals surface area contributed by atoms with Crippen molar-refractivity contribution in [1.82, 2.24) is 0 Å². The highest BCUT2D eigenvalue weighted by Gasteiger charge is 2.26. The third-order valence-electron chi connectivity index (χ3n) is 10.3. The van der Waals surface area contributed by atoms with Gasteiger partial charge in [-0.25, -0.2) is 4.57 Å². The molecule has 0 aromatic rings. The van der Waals surface area contributed by atoms with Gasteiger partial charge in [-0.2, -0.15) is 0 Å². The number of carbonyl (C=O) groups is 1. The summed E-state index contributed by atoms with van der Waals surface area (Å²) in [6, 6.07) is 0. The predicted molar refractivity (Wildman–Crippen MR) is 224 cm³/mol. The van der Waals surface area contributed by atoms with Gasteiger partial charge in [0.25, 0.3) is 0 Å². The monoisotopic (exact) mass is 793 g/mol. The van der Waals surface area contributed by atoms with Crippen LogP contribution >= 0.6 is 7.82 Å². The van der Waals surface area contributed by atoms with E-state index in [1.165, 1.54) is 180 Å². The molecule has 3 N–H and O–H groups in total. The van der Waals surface area contributed by atoms with Crippen LogP contribution in [-0.2, 0) is 27.9 Å². The number of carbonyl (C=O) groups excluding carboxylic acids is 1. The molecule has 54 heavy (non-hydrogen) atoms. The minimum Gasteiger partial charge on any atom is -0.457 e. The van der Waals surface area contributed by atoms with E-state index in [-0.39, 0.29) is 25.6 Å². The molecule has 0 bridgehead atoms. The van der Waals surface area contributed by atoms with Gasteiger partial charge in [-0.05, 0) is 12.8 Å². The molecule has 0 saturated carbocycles. The van der Waals surface area contributed by atoms with Crippen LogP contribution in [0.4, 0.5) is 0 Å². The van der Waals surface area contributed by atoms with Crippen molar-refractivity contribution >= 4 is 13.8 Å². The van der Waals surface area contributed by atoms with E-state index in [2.05, 4.69) is 13.8 Å². The Morgan fingerprint density at radius 1 is 0.500 bits per heavy atom. The summed E-state index contributed by atoms with van der Waals surface area (Å²) >= 11 is 0. The molecule has 324 valence electrons. The van der Waals surface area contributed by atoms with Gasteiger partial charge in [-0.15, -0.1) is 0 Å². The summed E-state index contributed by atoms with van der Waals surface area (Å²) < 4.78 is 33.4. The van der Waals surface area contributed by atoms with E-state index in [0.29, 0.717) is 6.61 Å². The number of rotatable bonds is 45. The summed E-state index contributed by atoms with van der Waals surface area (Å²) in [6.07, 6.45) is 40.6. The van der Waals surface area contributed by atoms with Crippen LogP contribution < -0.4 is 0 Å². The number of phosphoric acid groups is 1. The molecule has 3 atom stereocenters. The van der Waals surface area contributed by atoms with Gasteiger partial charge in [-0.3, -0.25) is 13.8 Å². The third kappa shape index (κ3) is 41.1. The second kappa shape index (κ2) is 42.1. The summed E-state index contributed by atoms with van der Waals surface area (Å²) in [5, 5.41) is 18.3. The molecule has 10 heteroatoms. The zero-order valence-corrected chi connectivity index (χ0v) is 36.4. The van der Waals surface area contributed by atoms with Gasteiger partial charge in [0.15, 0.2) is 0 Å². The topological polar surface area (TPSA) is 132 Å². The molecule has 3 unspecified atom stereocenters. The zero-order chi connectivity index (χ0) is 39.6. The van der Waals surface area contributed by atoms with Crippen LogP contribution in [0.15, 0.2) is 0 Å². The van der Waals surface area contributed by atoms with E-state index in [9.17, 15) is 19.4 Å². The molecule has 0 aliphatic rings. The maximum absolute atomic E-state index is 12.6. The molecule has 0 spiro atoms. The van der Waals surface area contributed by atoms with E-state index in [0.717, 1.165) is 32.1 Å². The smallest absolute Gasteiger partial charge is 0.457 e. The Bertz CT molecular complexity index is 815. The van der Waals surface area contributed by atoms with Crippen LogP contribution in [0, 0.1) is 0 Å². The van der Waals surface area contributed by atoms with Crippen LogP contribution in [-0.4, -0.2) is 66.3 Å². The fourth-order valence-electron chi connectivity index (χ4n) is 6.77. The van der Waals surface area contributed by atoms with Crippen molar-refractivity contribution in [2.24, 2.45) is 0 Å². The van der Waals surface area contributed by atoms with E-state index in [1.54, 1.807) is 0 Å². The molecule has 0 aromatic heterocycles. The first-order valence-corrected chi connectivity index (χ1v) is 24.5. The molecule has 0 aliphatic carbocycles. The average Bonchev–Trinajstić information content (AvgIpc) is 3.16. The zero-order valence-electron chi connectivity index (χ0n) is 35.5. The Morgan fingerprint density at radius 2 is 0.833 bits per heavy atom. The van der Waals surface area contributed by atoms with E-state index < -0.39 is 33.2 Å². The first-order valence-electron chi connectivity index (χ1n) is 23.0. The first-order chi connectivity index (χ1) is 26.3. The number of unbranched alkanes of at least 4 members (excludes halogenated alkanes) is 31. The van der Waals surface area contributed by atoms with E-state index in [1.807, 2.05) is 0 Å². The first kappa shape index (κ1) is 53.5. The van der Waals surface area contributed by atoms with Crippen molar-refractivity contribution in [1.29, 1.82) is 0 Å². The minimum absolute atomic E-state index is 0.0583. The number of hydrogen-bond donors (Lipinski definition) is 3. The molecule has 0 aliphatic heterocycles. The molecule has 0 aromatic carbocycles. The molecule has 0 saturated heterocycles. The molecule has 0 fully saturated rings. The lowest BCUT2D eigenvalue weighted by molar-refractivity contribution is -0.154. The highest BCUT2D eigenvalue weighted by molar-refractivity contribution is 7.47. The van der Waals surface area contributed by atoms with Gasteiger partial charge < -0.3 is 24.6 Å². The third-order valence-corrected chi connectivity index (χ3v) is 11.2. The maximum Gasteiger partial charge on any atom is 0.472 e. The Labute approximate surface area is 333 Å². The highest BCUT2D eigenvalue weighted by atomic mass is 31.2. The summed E-state index contributed by atoms with van der Waals surface area (Å²) in [5.74, 6) is -0.376. The number of phosphoric ester groups is 1. The standard InChI is InChI=1S/C44H89O9P/c1-3-5-7-9-11-13-15-17-18-19-20-21-22-23-25-27-29-31-33-35-37-50-40-43(41-52-54(48,49)51-39-42(46)38-45)53-44(47)36-34-32-30-28-26-24-16-14-12-10-8-6-4-2/h42-43,45-46H,3-41H2,1-2H3,(H,48,49). The van der Waals surface area contributed by atoms with Gasteiger partial charge >= 0.3 is 13.8 Å². The van der Waals surface area contributed by atoms with Gasteiger partial charge in [0.2, 0.25) is 0 Å². The Morgan fingerprint density at radius 3 is 1.20 bits per heavy atom. The lowest BCUT2D eigenvalue weighted by Crippen LogP contribution is -2.29. The molecule has 0 heterocycles. The summed E-state index contributed by atoms with van der Waals surface area (Å²) in [5.41, 5.74) is 0. The molecule has 0 rings (SSSR count). The Balaban J connectivity index is 4.04. The molecule has 9 nitrogen and oxygen atoms in total. The van der Waals surface area contributed by atoms with Crippen molar-refractivity contribution in [3.05, 3.63) is 0 Å². The van der Waals surface area contributed by atoms with Crippen LogP contribution in [0.2, 0.25) is 0 Å². The Hall–Kier alpha value is -0.540. The largest absolute Gasteiger partial charge is 0.472 e. The van der Waals surface area contributed by atoms with Crippen LogP contribution in [0.1, 0.15) is 232 Å². The van der Waals surface area contributed by atoms with Crippen molar-refractivity contribution in [3.8, 4) is 0 Å². The van der Waals surface area contributed by atoms with Crippen molar-refractivity contribution in [2.75, 3.05) is 33.0 Å². The van der Waals surface area contributed by atoms with E-state index in [4.69, 9.17) is 23.6 Å². The SMILES string of the molecule is CCCCCCCCCCCCCCCCCCCCCCOCC(COP(=O)(O)OCC(O)CO)OC(=O)CCCCCCCCCCCCCCC. The second-order valence-electron chi connectivity index (χ2n) is 15.8. The summed E-state index contributed by atoms with van der Waals surface area (Å²) in [4.78, 5) is 22.6.